The third kappa shape index (κ3) is 2.69. The first-order valence-corrected chi connectivity index (χ1v) is 7.33. The summed E-state index contributed by atoms with van der Waals surface area (Å²) in [6.45, 7) is 1.01. The normalized spacial score (nSPS) is 18.1. The second-order valence-electron chi connectivity index (χ2n) is 5.34. The van der Waals surface area contributed by atoms with Crippen LogP contribution in [-0.2, 0) is 0 Å². The lowest BCUT2D eigenvalue weighted by Crippen LogP contribution is -2.26. The van der Waals surface area contributed by atoms with Crippen LogP contribution in [0.2, 0.25) is 0 Å². The molecule has 5 nitrogen and oxygen atoms in total. The van der Waals surface area contributed by atoms with E-state index in [0.717, 1.165) is 29.4 Å². The first-order chi connectivity index (χ1) is 10.4. The van der Waals surface area contributed by atoms with Crippen LogP contribution >= 0.6 is 12.4 Å². The van der Waals surface area contributed by atoms with Crippen LogP contribution in [0.15, 0.2) is 41.1 Å². The highest BCUT2D eigenvalue weighted by Gasteiger charge is 2.22. The summed E-state index contributed by atoms with van der Waals surface area (Å²) in [5.41, 5.74) is 0.777. The first-order valence-electron chi connectivity index (χ1n) is 7.33. The van der Waals surface area contributed by atoms with Gasteiger partial charge in [-0.1, -0.05) is 35.8 Å². The Morgan fingerprint density at radius 2 is 2.05 bits per heavy atom. The van der Waals surface area contributed by atoms with E-state index in [4.69, 9.17) is 4.52 Å². The number of rotatable bonds is 2. The zero-order valence-electron chi connectivity index (χ0n) is 12.0. The number of nitrogens with one attached hydrogen (secondary N) is 1. The molecule has 1 aliphatic heterocycles. The van der Waals surface area contributed by atoms with E-state index in [1.807, 2.05) is 24.3 Å². The minimum atomic E-state index is 0. The molecule has 1 fully saturated rings. The standard InChI is InChI=1S/C16H16N4O.ClH/c1-2-6-12-11(5-1)8-10-18-14(12)15-19-16(21-20-15)13-7-3-4-9-17-13;/h1-2,5-6,8,10,13,17H,3-4,7,9H2;1H/t13-;/m1./s1. The van der Waals surface area contributed by atoms with Gasteiger partial charge in [0, 0.05) is 11.6 Å². The zero-order valence-corrected chi connectivity index (χ0v) is 12.8. The summed E-state index contributed by atoms with van der Waals surface area (Å²) in [7, 11) is 0. The van der Waals surface area contributed by atoms with E-state index in [1.165, 1.54) is 12.8 Å². The molecule has 0 bridgehead atoms. The number of nitrogens with zero attached hydrogens (tertiary/aromatic N) is 3. The minimum Gasteiger partial charge on any atom is -0.337 e. The number of aromatic nitrogens is 3. The van der Waals surface area contributed by atoms with Crippen LogP contribution in [0.1, 0.15) is 31.2 Å². The van der Waals surface area contributed by atoms with E-state index in [2.05, 4.69) is 26.5 Å². The second-order valence-corrected chi connectivity index (χ2v) is 5.34. The van der Waals surface area contributed by atoms with E-state index in [9.17, 15) is 0 Å². The molecule has 1 aromatic carbocycles. The van der Waals surface area contributed by atoms with Crippen molar-refractivity contribution in [3.8, 4) is 11.5 Å². The second kappa shape index (κ2) is 6.42. The fourth-order valence-electron chi connectivity index (χ4n) is 2.83. The summed E-state index contributed by atoms with van der Waals surface area (Å²) >= 11 is 0. The Hall–Kier alpha value is -1.98. The van der Waals surface area contributed by atoms with Gasteiger partial charge in [-0.3, -0.25) is 4.98 Å². The lowest BCUT2D eigenvalue weighted by molar-refractivity contribution is 0.297. The average Bonchev–Trinajstić information content (AvgIpc) is 3.05. The maximum Gasteiger partial charge on any atom is 0.244 e. The largest absolute Gasteiger partial charge is 0.337 e. The summed E-state index contributed by atoms with van der Waals surface area (Å²) in [5.74, 6) is 1.23. The van der Waals surface area contributed by atoms with Gasteiger partial charge in [0.05, 0.1) is 6.04 Å². The molecule has 1 N–H and O–H groups in total. The molecular weight excluding hydrogens is 300 g/mol. The molecule has 0 unspecified atom stereocenters. The molecule has 6 heteroatoms. The molecule has 1 aliphatic rings. The SMILES string of the molecule is Cl.c1ccc2c(-c3noc([C@H]4CCCCN4)n3)nccc2c1. The van der Waals surface area contributed by atoms with E-state index < -0.39 is 0 Å². The smallest absolute Gasteiger partial charge is 0.244 e. The summed E-state index contributed by atoms with van der Waals surface area (Å²) in [4.78, 5) is 8.98. The molecule has 1 atom stereocenters. The van der Waals surface area contributed by atoms with Gasteiger partial charge in [0.25, 0.3) is 0 Å². The van der Waals surface area contributed by atoms with Crippen molar-refractivity contribution in [2.24, 2.45) is 0 Å². The lowest BCUT2D eigenvalue weighted by Gasteiger charge is -2.19. The van der Waals surface area contributed by atoms with Crippen LogP contribution in [0.3, 0.4) is 0 Å². The monoisotopic (exact) mass is 316 g/mol. The molecule has 2 aromatic heterocycles. The number of fused-ring (bicyclic) bond motifs is 1. The van der Waals surface area contributed by atoms with Gasteiger partial charge in [0.2, 0.25) is 11.7 Å². The molecule has 3 heterocycles. The van der Waals surface area contributed by atoms with E-state index in [0.29, 0.717) is 11.7 Å². The Bertz CT molecular complexity index is 762. The molecule has 0 saturated carbocycles. The summed E-state index contributed by atoms with van der Waals surface area (Å²) in [5, 5.41) is 9.72. The van der Waals surface area contributed by atoms with E-state index in [1.54, 1.807) is 6.20 Å². The van der Waals surface area contributed by atoms with Crippen molar-refractivity contribution < 1.29 is 4.52 Å². The molecule has 22 heavy (non-hydrogen) atoms. The number of benzene rings is 1. The first kappa shape index (κ1) is 14.9. The Morgan fingerprint density at radius 3 is 2.91 bits per heavy atom. The van der Waals surface area contributed by atoms with Gasteiger partial charge in [-0.05, 0) is 30.8 Å². The van der Waals surface area contributed by atoms with Gasteiger partial charge < -0.3 is 9.84 Å². The molecule has 0 radical (unpaired) electrons. The predicted molar refractivity (Wildman–Crippen MR) is 86.9 cm³/mol. The topological polar surface area (TPSA) is 63.8 Å². The van der Waals surface area contributed by atoms with E-state index in [-0.39, 0.29) is 18.4 Å². The molecule has 0 aliphatic carbocycles. The summed E-state index contributed by atoms with van der Waals surface area (Å²) < 4.78 is 5.44. The Morgan fingerprint density at radius 1 is 1.14 bits per heavy atom. The van der Waals surface area contributed by atoms with Gasteiger partial charge >= 0.3 is 0 Å². The van der Waals surface area contributed by atoms with Gasteiger partial charge in [-0.2, -0.15) is 4.98 Å². The molecule has 3 aromatic rings. The van der Waals surface area contributed by atoms with Gasteiger partial charge in [0.15, 0.2) is 0 Å². The summed E-state index contributed by atoms with van der Waals surface area (Å²) in [6.07, 6.45) is 5.24. The van der Waals surface area contributed by atoms with Crippen molar-refractivity contribution in [2.75, 3.05) is 6.54 Å². The zero-order chi connectivity index (χ0) is 14.1. The predicted octanol–water partition coefficient (Wildman–Crippen LogP) is 3.52. The highest BCUT2D eigenvalue weighted by atomic mass is 35.5. The minimum absolute atomic E-state index is 0. The molecule has 4 rings (SSSR count). The quantitative estimate of drug-likeness (QED) is 0.783. The highest BCUT2D eigenvalue weighted by molar-refractivity contribution is 5.92. The lowest BCUT2D eigenvalue weighted by atomic mass is 10.1. The van der Waals surface area contributed by atoms with Crippen molar-refractivity contribution in [2.45, 2.75) is 25.3 Å². The van der Waals surface area contributed by atoms with Gasteiger partial charge in [-0.15, -0.1) is 12.4 Å². The van der Waals surface area contributed by atoms with Gasteiger partial charge in [-0.25, -0.2) is 0 Å². The fourth-order valence-corrected chi connectivity index (χ4v) is 2.83. The Labute approximate surface area is 134 Å². The third-order valence-corrected chi connectivity index (χ3v) is 3.94. The molecule has 1 saturated heterocycles. The number of piperidine rings is 1. The van der Waals surface area contributed by atoms with Crippen molar-refractivity contribution >= 4 is 23.2 Å². The Balaban J connectivity index is 0.00000144. The van der Waals surface area contributed by atoms with Crippen molar-refractivity contribution in [1.29, 1.82) is 0 Å². The van der Waals surface area contributed by atoms with Crippen molar-refractivity contribution in [3.63, 3.8) is 0 Å². The van der Waals surface area contributed by atoms with Crippen LogP contribution < -0.4 is 5.32 Å². The maximum absolute atomic E-state index is 5.44. The van der Waals surface area contributed by atoms with Crippen LogP contribution in [0, 0.1) is 0 Å². The number of halogens is 1. The maximum atomic E-state index is 5.44. The Kier molecular flexibility index (Phi) is 4.36. The van der Waals surface area contributed by atoms with Crippen LogP contribution in [0.4, 0.5) is 0 Å². The number of hydrogen-bond donors (Lipinski definition) is 1. The average molecular weight is 317 g/mol. The highest BCUT2D eigenvalue weighted by Crippen LogP contribution is 2.27. The van der Waals surface area contributed by atoms with Crippen molar-refractivity contribution in [1.82, 2.24) is 20.4 Å². The number of pyridine rings is 1. The fraction of sp³-hybridized carbons (Fsp3) is 0.312. The molecular formula is C16H17ClN4O. The van der Waals surface area contributed by atoms with Gasteiger partial charge in [0.1, 0.15) is 5.69 Å². The molecule has 0 amide bonds. The van der Waals surface area contributed by atoms with E-state index >= 15 is 0 Å². The van der Waals surface area contributed by atoms with Crippen LogP contribution in [0.25, 0.3) is 22.3 Å². The summed E-state index contributed by atoms with van der Waals surface area (Å²) in [6, 6.07) is 10.3. The van der Waals surface area contributed by atoms with Crippen LogP contribution in [-0.4, -0.2) is 21.7 Å². The third-order valence-electron chi connectivity index (χ3n) is 3.94. The van der Waals surface area contributed by atoms with Crippen molar-refractivity contribution in [3.05, 3.63) is 42.4 Å². The number of hydrogen-bond acceptors (Lipinski definition) is 5. The molecule has 0 spiro atoms. The molecule has 114 valence electrons. The van der Waals surface area contributed by atoms with Crippen LogP contribution in [0.5, 0.6) is 0 Å².